The van der Waals surface area contributed by atoms with Gasteiger partial charge in [-0.3, -0.25) is 4.79 Å². The van der Waals surface area contributed by atoms with E-state index < -0.39 is 0 Å². The lowest BCUT2D eigenvalue weighted by atomic mass is 10.2. The van der Waals surface area contributed by atoms with Gasteiger partial charge in [-0.15, -0.1) is 0 Å². The molecule has 0 unspecified atom stereocenters. The Morgan fingerprint density at radius 2 is 2.00 bits per heavy atom. The van der Waals surface area contributed by atoms with Crippen molar-refractivity contribution in [2.24, 2.45) is 0 Å². The van der Waals surface area contributed by atoms with Crippen molar-refractivity contribution in [3.05, 3.63) is 52.4 Å². The second kappa shape index (κ2) is 8.61. The largest absolute Gasteiger partial charge is 0.366 e. The highest BCUT2D eigenvalue weighted by Gasteiger charge is 2.10. The Hall–Kier alpha value is -2.18. The molecule has 0 fully saturated rings. The number of nitrogens with zero attached hydrogens (tertiary/aromatic N) is 3. The summed E-state index contributed by atoms with van der Waals surface area (Å²) in [6, 6.07) is 9.25. The van der Waals surface area contributed by atoms with E-state index in [1.54, 1.807) is 13.0 Å². The summed E-state index contributed by atoms with van der Waals surface area (Å²) >= 11 is 6.15. The minimum atomic E-state index is -0.205. The number of hydrogen-bond acceptors (Lipinski definition) is 5. The topological polar surface area (TPSA) is 70.2 Å². The van der Waals surface area contributed by atoms with Gasteiger partial charge in [0.15, 0.2) is 0 Å². The molecular weight excluding hydrogens is 326 g/mol. The minimum absolute atomic E-state index is 0.205. The maximum absolute atomic E-state index is 12.2. The number of likely N-dealkylation sites (N-methyl/N-ethyl adjacent to an activating group) is 1. The smallest absolute Gasteiger partial charge is 0.270 e. The molecule has 0 radical (unpaired) electrons. The van der Waals surface area contributed by atoms with Crippen LogP contribution in [0.1, 0.15) is 21.9 Å². The molecule has 2 N–H and O–H groups in total. The van der Waals surface area contributed by atoms with E-state index in [-0.39, 0.29) is 5.91 Å². The summed E-state index contributed by atoms with van der Waals surface area (Å²) in [4.78, 5) is 22.7. The van der Waals surface area contributed by atoms with Crippen molar-refractivity contribution in [3.8, 4) is 0 Å². The van der Waals surface area contributed by atoms with Gasteiger partial charge in [0.05, 0.1) is 0 Å². The number of benzene rings is 1. The summed E-state index contributed by atoms with van der Waals surface area (Å²) in [7, 11) is 3.91. The highest BCUT2D eigenvalue weighted by Crippen LogP contribution is 2.16. The summed E-state index contributed by atoms with van der Waals surface area (Å²) in [6.45, 7) is 3.62. The lowest BCUT2D eigenvalue weighted by Gasteiger charge is -2.12. The molecule has 0 saturated carbocycles. The van der Waals surface area contributed by atoms with E-state index in [1.165, 1.54) is 0 Å². The Balaban J connectivity index is 2.02. The molecule has 2 aromatic rings. The molecule has 0 bridgehead atoms. The number of halogens is 1. The number of aromatic nitrogens is 2. The molecule has 7 heteroatoms. The van der Waals surface area contributed by atoms with Gasteiger partial charge in [-0.25, -0.2) is 9.97 Å². The fraction of sp³-hybridized carbons (Fsp3) is 0.353. The molecule has 0 saturated heterocycles. The summed E-state index contributed by atoms with van der Waals surface area (Å²) in [6.07, 6.45) is 0. The number of nitrogens with one attached hydrogen (secondary N) is 2. The summed E-state index contributed by atoms with van der Waals surface area (Å²) < 4.78 is 0. The van der Waals surface area contributed by atoms with Crippen LogP contribution >= 0.6 is 11.6 Å². The molecule has 0 spiro atoms. The predicted molar refractivity (Wildman–Crippen MR) is 96.4 cm³/mol. The van der Waals surface area contributed by atoms with Crippen LogP contribution in [0.2, 0.25) is 5.02 Å². The van der Waals surface area contributed by atoms with Crippen molar-refractivity contribution in [2.45, 2.75) is 13.5 Å². The first-order chi connectivity index (χ1) is 11.5. The molecule has 24 heavy (non-hydrogen) atoms. The van der Waals surface area contributed by atoms with E-state index in [9.17, 15) is 4.79 Å². The number of hydrogen-bond donors (Lipinski definition) is 2. The van der Waals surface area contributed by atoms with Crippen molar-refractivity contribution in [1.82, 2.24) is 20.2 Å². The lowest BCUT2D eigenvalue weighted by molar-refractivity contribution is 0.0945. The van der Waals surface area contributed by atoms with Crippen LogP contribution in [-0.2, 0) is 6.54 Å². The van der Waals surface area contributed by atoms with E-state index in [4.69, 9.17) is 11.6 Å². The zero-order chi connectivity index (χ0) is 17.5. The number of rotatable bonds is 7. The number of amides is 1. The molecule has 1 aromatic carbocycles. The van der Waals surface area contributed by atoms with Crippen molar-refractivity contribution in [3.63, 3.8) is 0 Å². The zero-order valence-corrected chi connectivity index (χ0v) is 14.9. The van der Waals surface area contributed by atoms with Crippen LogP contribution in [0.4, 0.5) is 5.82 Å². The van der Waals surface area contributed by atoms with Crippen molar-refractivity contribution in [2.75, 3.05) is 32.5 Å². The van der Waals surface area contributed by atoms with Gasteiger partial charge in [0.2, 0.25) is 0 Å². The number of carbonyl (C=O) groups is 1. The Bertz CT molecular complexity index is 705. The van der Waals surface area contributed by atoms with Crippen LogP contribution in [0.5, 0.6) is 0 Å². The molecule has 1 heterocycles. The van der Waals surface area contributed by atoms with Gasteiger partial charge in [-0.05, 0) is 32.6 Å². The highest BCUT2D eigenvalue weighted by atomic mass is 35.5. The summed E-state index contributed by atoms with van der Waals surface area (Å²) in [5, 5.41) is 6.73. The maximum Gasteiger partial charge on any atom is 0.270 e. The molecule has 128 valence electrons. The molecular formula is C17H22ClN5O. The first kappa shape index (κ1) is 18.2. The normalized spacial score (nSPS) is 10.7. The first-order valence-corrected chi connectivity index (χ1v) is 8.09. The summed E-state index contributed by atoms with van der Waals surface area (Å²) in [5.74, 6) is 0.931. The number of anilines is 1. The average molecular weight is 348 g/mol. The van der Waals surface area contributed by atoms with E-state index in [1.807, 2.05) is 43.3 Å². The van der Waals surface area contributed by atoms with Crippen LogP contribution in [0.25, 0.3) is 0 Å². The van der Waals surface area contributed by atoms with Gasteiger partial charge in [0, 0.05) is 30.7 Å². The van der Waals surface area contributed by atoms with E-state index >= 15 is 0 Å². The molecule has 0 aliphatic carbocycles. The fourth-order valence-corrected chi connectivity index (χ4v) is 2.29. The molecule has 6 nitrogen and oxygen atoms in total. The first-order valence-electron chi connectivity index (χ1n) is 7.71. The Morgan fingerprint density at radius 3 is 2.71 bits per heavy atom. The Morgan fingerprint density at radius 1 is 1.25 bits per heavy atom. The molecule has 0 aliphatic heterocycles. The van der Waals surface area contributed by atoms with Gasteiger partial charge >= 0.3 is 0 Å². The van der Waals surface area contributed by atoms with Crippen molar-refractivity contribution < 1.29 is 4.79 Å². The maximum atomic E-state index is 12.2. The van der Waals surface area contributed by atoms with E-state index in [0.717, 1.165) is 12.1 Å². The fourth-order valence-electron chi connectivity index (χ4n) is 2.09. The van der Waals surface area contributed by atoms with Gasteiger partial charge in [-0.2, -0.15) is 0 Å². The van der Waals surface area contributed by atoms with Crippen LogP contribution in [0, 0.1) is 6.92 Å². The third-order valence-corrected chi connectivity index (χ3v) is 3.70. The van der Waals surface area contributed by atoms with Crippen molar-refractivity contribution >= 4 is 23.3 Å². The SMILES string of the molecule is Cc1nc(NCc2ccccc2Cl)cc(C(=O)NCCN(C)C)n1. The summed E-state index contributed by atoms with van der Waals surface area (Å²) in [5.41, 5.74) is 1.32. The van der Waals surface area contributed by atoms with E-state index in [2.05, 4.69) is 20.6 Å². The monoisotopic (exact) mass is 347 g/mol. The molecule has 1 aromatic heterocycles. The molecule has 2 rings (SSSR count). The second-order valence-corrected chi connectivity index (χ2v) is 6.10. The third kappa shape index (κ3) is 5.47. The number of carbonyl (C=O) groups excluding carboxylic acids is 1. The lowest BCUT2D eigenvalue weighted by Crippen LogP contribution is -2.32. The third-order valence-electron chi connectivity index (χ3n) is 3.33. The van der Waals surface area contributed by atoms with Gasteiger partial charge in [0.1, 0.15) is 17.3 Å². The minimum Gasteiger partial charge on any atom is -0.366 e. The number of aryl methyl sites for hydroxylation is 1. The average Bonchev–Trinajstić information content (AvgIpc) is 2.53. The van der Waals surface area contributed by atoms with Gasteiger partial charge < -0.3 is 15.5 Å². The second-order valence-electron chi connectivity index (χ2n) is 5.69. The molecule has 0 atom stereocenters. The quantitative estimate of drug-likeness (QED) is 0.804. The molecule has 1 amide bonds. The van der Waals surface area contributed by atoms with E-state index in [0.29, 0.717) is 35.4 Å². The zero-order valence-electron chi connectivity index (χ0n) is 14.1. The van der Waals surface area contributed by atoms with Gasteiger partial charge in [0.25, 0.3) is 5.91 Å². The van der Waals surface area contributed by atoms with Crippen molar-refractivity contribution in [1.29, 1.82) is 0 Å². The van der Waals surface area contributed by atoms with Crippen LogP contribution in [0.3, 0.4) is 0 Å². The van der Waals surface area contributed by atoms with Crippen LogP contribution < -0.4 is 10.6 Å². The highest BCUT2D eigenvalue weighted by molar-refractivity contribution is 6.31. The van der Waals surface area contributed by atoms with Crippen LogP contribution in [0.15, 0.2) is 30.3 Å². The Kier molecular flexibility index (Phi) is 6.52. The van der Waals surface area contributed by atoms with Gasteiger partial charge in [-0.1, -0.05) is 29.8 Å². The molecule has 0 aliphatic rings. The van der Waals surface area contributed by atoms with Crippen LogP contribution in [-0.4, -0.2) is 48.0 Å². The predicted octanol–water partition coefficient (Wildman–Crippen LogP) is 2.34. The Labute approximate surface area is 147 Å². The standard InChI is InChI=1S/C17H22ClN5O/c1-12-21-15(17(24)19-8-9-23(2)3)10-16(22-12)20-11-13-6-4-5-7-14(13)18/h4-7,10H,8-9,11H2,1-3H3,(H,19,24)(H,20,21,22).